The van der Waals surface area contributed by atoms with Crippen LogP contribution in [0.25, 0.3) is 0 Å². The standard InChI is InChI=1S/C15H24N4O2/c1-15(2)14(20)17-6-8-19(15)13-5-4-12(11-18-13)10-16-7-9-21-3/h4-5,11,16H,6-10H2,1-3H3,(H,17,20). The number of anilines is 1. The number of nitrogens with zero attached hydrogens (tertiary/aromatic N) is 2. The van der Waals surface area contributed by atoms with Gasteiger partial charge in [-0.15, -0.1) is 0 Å². The Bertz CT molecular complexity index is 473. The van der Waals surface area contributed by atoms with Crippen LogP contribution in [0.5, 0.6) is 0 Å². The lowest BCUT2D eigenvalue weighted by atomic mass is 9.99. The SMILES string of the molecule is COCCNCc1ccc(N2CCNC(=O)C2(C)C)nc1. The van der Waals surface area contributed by atoms with Crippen molar-refractivity contribution in [1.82, 2.24) is 15.6 Å². The number of hydrogen-bond acceptors (Lipinski definition) is 5. The number of rotatable bonds is 6. The fraction of sp³-hybridized carbons (Fsp3) is 0.600. The van der Waals surface area contributed by atoms with Gasteiger partial charge in [0.25, 0.3) is 0 Å². The van der Waals surface area contributed by atoms with E-state index in [1.807, 2.05) is 37.1 Å². The van der Waals surface area contributed by atoms with Crippen LogP contribution in [0.1, 0.15) is 19.4 Å². The number of carbonyl (C=O) groups is 1. The second-order valence-corrected chi connectivity index (χ2v) is 5.66. The van der Waals surface area contributed by atoms with Crippen LogP contribution in [0, 0.1) is 0 Å². The molecule has 0 aliphatic carbocycles. The van der Waals surface area contributed by atoms with E-state index in [1.54, 1.807) is 7.11 Å². The number of hydrogen-bond donors (Lipinski definition) is 2. The summed E-state index contributed by atoms with van der Waals surface area (Å²) in [6, 6.07) is 4.03. The summed E-state index contributed by atoms with van der Waals surface area (Å²) in [5, 5.41) is 6.18. The van der Waals surface area contributed by atoms with E-state index >= 15 is 0 Å². The van der Waals surface area contributed by atoms with Crippen LogP contribution in [0.3, 0.4) is 0 Å². The smallest absolute Gasteiger partial charge is 0.245 e. The van der Waals surface area contributed by atoms with Gasteiger partial charge in [-0.1, -0.05) is 6.07 Å². The molecule has 0 atom stereocenters. The molecule has 1 amide bonds. The summed E-state index contributed by atoms with van der Waals surface area (Å²) < 4.78 is 4.99. The molecule has 0 radical (unpaired) electrons. The van der Waals surface area contributed by atoms with Crippen molar-refractivity contribution in [2.24, 2.45) is 0 Å². The molecule has 2 rings (SSSR count). The van der Waals surface area contributed by atoms with Gasteiger partial charge in [0, 0.05) is 39.5 Å². The van der Waals surface area contributed by atoms with E-state index < -0.39 is 5.54 Å². The molecular formula is C15H24N4O2. The second kappa shape index (κ2) is 6.87. The normalized spacial score (nSPS) is 17.7. The van der Waals surface area contributed by atoms with Crippen molar-refractivity contribution in [3.8, 4) is 0 Å². The molecule has 1 aliphatic heterocycles. The molecule has 21 heavy (non-hydrogen) atoms. The Morgan fingerprint density at radius 1 is 1.48 bits per heavy atom. The summed E-state index contributed by atoms with van der Waals surface area (Å²) in [5.41, 5.74) is 0.554. The van der Waals surface area contributed by atoms with Crippen molar-refractivity contribution in [3.63, 3.8) is 0 Å². The zero-order valence-corrected chi connectivity index (χ0v) is 13.0. The summed E-state index contributed by atoms with van der Waals surface area (Å²) in [7, 11) is 1.69. The van der Waals surface area contributed by atoms with Crippen LogP contribution in [-0.4, -0.2) is 49.8 Å². The maximum atomic E-state index is 12.0. The molecular weight excluding hydrogens is 268 g/mol. The van der Waals surface area contributed by atoms with E-state index in [-0.39, 0.29) is 5.91 Å². The Hall–Kier alpha value is -1.66. The van der Waals surface area contributed by atoms with Crippen molar-refractivity contribution in [2.45, 2.75) is 25.9 Å². The molecule has 2 N–H and O–H groups in total. The maximum Gasteiger partial charge on any atom is 0.245 e. The topological polar surface area (TPSA) is 66.5 Å². The van der Waals surface area contributed by atoms with Gasteiger partial charge >= 0.3 is 0 Å². The van der Waals surface area contributed by atoms with Crippen LogP contribution >= 0.6 is 0 Å². The molecule has 2 heterocycles. The summed E-state index contributed by atoms with van der Waals surface area (Å²) in [6.07, 6.45) is 1.86. The first-order valence-corrected chi connectivity index (χ1v) is 7.26. The van der Waals surface area contributed by atoms with Gasteiger partial charge in [0.15, 0.2) is 0 Å². The van der Waals surface area contributed by atoms with E-state index in [9.17, 15) is 4.79 Å². The van der Waals surface area contributed by atoms with E-state index in [0.29, 0.717) is 13.2 Å². The molecule has 1 aromatic heterocycles. The van der Waals surface area contributed by atoms with Gasteiger partial charge in [-0.05, 0) is 25.5 Å². The van der Waals surface area contributed by atoms with Gasteiger partial charge in [-0.2, -0.15) is 0 Å². The summed E-state index contributed by atoms with van der Waals surface area (Å²) >= 11 is 0. The first kappa shape index (κ1) is 15.7. The van der Waals surface area contributed by atoms with Gasteiger partial charge < -0.3 is 20.3 Å². The molecule has 1 aliphatic rings. The lowest BCUT2D eigenvalue weighted by molar-refractivity contribution is -0.126. The molecule has 1 aromatic rings. The molecule has 0 bridgehead atoms. The average molecular weight is 292 g/mol. The third-order valence-electron chi connectivity index (χ3n) is 3.75. The Morgan fingerprint density at radius 3 is 2.95 bits per heavy atom. The quantitative estimate of drug-likeness (QED) is 0.749. The highest BCUT2D eigenvalue weighted by atomic mass is 16.5. The number of methoxy groups -OCH3 is 1. The number of ether oxygens (including phenoxy) is 1. The lowest BCUT2D eigenvalue weighted by Crippen LogP contribution is -2.62. The molecule has 6 heteroatoms. The summed E-state index contributed by atoms with van der Waals surface area (Å²) in [5.74, 6) is 0.886. The molecule has 1 fully saturated rings. The number of amides is 1. The molecule has 0 saturated carbocycles. The molecule has 0 aromatic carbocycles. The van der Waals surface area contributed by atoms with Crippen LogP contribution < -0.4 is 15.5 Å². The molecule has 0 spiro atoms. The second-order valence-electron chi connectivity index (χ2n) is 5.66. The Kier molecular flexibility index (Phi) is 5.14. The van der Waals surface area contributed by atoms with Crippen LogP contribution in [0.2, 0.25) is 0 Å². The molecule has 116 valence electrons. The Morgan fingerprint density at radius 2 is 2.29 bits per heavy atom. The highest BCUT2D eigenvalue weighted by Gasteiger charge is 2.38. The number of piperazine rings is 1. The Labute approximate surface area is 125 Å². The predicted octanol–water partition coefficient (Wildman–Crippen LogP) is 0.532. The van der Waals surface area contributed by atoms with Gasteiger partial charge in [0.05, 0.1) is 6.61 Å². The van der Waals surface area contributed by atoms with Crippen molar-refractivity contribution in [1.29, 1.82) is 0 Å². The minimum atomic E-state index is -0.566. The van der Waals surface area contributed by atoms with Gasteiger partial charge in [0.1, 0.15) is 11.4 Å². The highest BCUT2D eigenvalue weighted by Crippen LogP contribution is 2.24. The van der Waals surface area contributed by atoms with E-state index in [1.165, 1.54) is 0 Å². The average Bonchev–Trinajstić information content (AvgIpc) is 2.47. The van der Waals surface area contributed by atoms with Gasteiger partial charge in [-0.25, -0.2) is 4.98 Å². The molecule has 1 saturated heterocycles. The zero-order valence-electron chi connectivity index (χ0n) is 13.0. The minimum Gasteiger partial charge on any atom is -0.383 e. The van der Waals surface area contributed by atoms with E-state index in [2.05, 4.69) is 15.6 Å². The summed E-state index contributed by atoms with van der Waals surface area (Å²) in [6.45, 7) is 7.55. The van der Waals surface area contributed by atoms with E-state index in [0.717, 1.165) is 31.0 Å². The minimum absolute atomic E-state index is 0.0425. The predicted molar refractivity (Wildman–Crippen MR) is 82.3 cm³/mol. The summed E-state index contributed by atoms with van der Waals surface area (Å²) in [4.78, 5) is 18.5. The van der Waals surface area contributed by atoms with Crippen molar-refractivity contribution in [3.05, 3.63) is 23.9 Å². The third kappa shape index (κ3) is 3.71. The number of aromatic nitrogens is 1. The van der Waals surface area contributed by atoms with Crippen LogP contribution in [-0.2, 0) is 16.1 Å². The fourth-order valence-corrected chi connectivity index (χ4v) is 2.39. The lowest BCUT2D eigenvalue weighted by Gasteiger charge is -2.42. The number of pyridine rings is 1. The fourth-order valence-electron chi connectivity index (χ4n) is 2.39. The van der Waals surface area contributed by atoms with Crippen molar-refractivity contribution < 1.29 is 9.53 Å². The monoisotopic (exact) mass is 292 g/mol. The Balaban J connectivity index is 1.99. The number of carbonyl (C=O) groups excluding carboxylic acids is 1. The number of nitrogens with one attached hydrogen (secondary N) is 2. The van der Waals surface area contributed by atoms with Gasteiger partial charge in [-0.3, -0.25) is 4.79 Å². The molecule has 6 nitrogen and oxygen atoms in total. The zero-order chi connectivity index (χ0) is 15.3. The maximum absolute atomic E-state index is 12.0. The largest absolute Gasteiger partial charge is 0.383 e. The van der Waals surface area contributed by atoms with Gasteiger partial charge in [0.2, 0.25) is 5.91 Å². The van der Waals surface area contributed by atoms with E-state index in [4.69, 9.17) is 4.74 Å². The first-order chi connectivity index (χ1) is 10.1. The van der Waals surface area contributed by atoms with Crippen molar-refractivity contribution >= 4 is 11.7 Å². The van der Waals surface area contributed by atoms with Crippen LogP contribution in [0.15, 0.2) is 18.3 Å². The van der Waals surface area contributed by atoms with Crippen molar-refractivity contribution in [2.75, 3.05) is 38.3 Å². The third-order valence-corrected chi connectivity index (χ3v) is 3.75. The van der Waals surface area contributed by atoms with Crippen LogP contribution in [0.4, 0.5) is 5.82 Å². The first-order valence-electron chi connectivity index (χ1n) is 7.26. The molecule has 0 unspecified atom stereocenters. The highest BCUT2D eigenvalue weighted by molar-refractivity contribution is 5.90.